The first-order chi connectivity index (χ1) is 13.7. The van der Waals surface area contributed by atoms with Crippen molar-refractivity contribution in [3.8, 4) is 22.9 Å². The largest absolute Gasteiger partial charge is 0.483 e. The van der Waals surface area contributed by atoms with Crippen molar-refractivity contribution in [3.05, 3.63) is 90.0 Å². The number of hydrogen-bond donors (Lipinski definition) is 2. The van der Waals surface area contributed by atoms with E-state index in [1.54, 1.807) is 24.3 Å². The fourth-order valence-corrected chi connectivity index (χ4v) is 2.56. The standard InChI is InChI=1S/C22H17N3O3/c23-14-16-7-6-10-18(13-16)22(27)25-24-21(26)15-28-20-12-5-4-11-19(20)17-8-2-1-3-9-17/h1-13H,15H2,(H,24,26)(H,25,27). The highest BCUT2D eigenvalue weighted by molar-refractivity contribution is 5.95. The molecule has 0 bridgehead atoms. The molecule has 0 heterocycles. The lowest BCUT2D eigenvalue weighted by molar-refractivity contribution is -0.123. The van der Waals surface area contributed by atoms with E-state index in [2.05, 4.69) is 10.9 Å². The summed E-state index contributed by atoms with van der Waals surface area (Å²) >= 11 is 0. The topological polar surface area (TPSA) is 91.2 Å². The van der Waals surface area contributed by atoms with Crippen LogP contribution in [0.25, 0.3) is 11.1 Å². The van der Waals surface area contributed by atoms with Gasteiger partial charge in [-0.1, -0.05) is 54.6 Å². The summed E-state index contributed by atoms with van der Waals surface area (Å²) in [6, 6.07) is 25.2. The molecule has 0 aromatic heterocycles. The zero-order chi connectivity index (χ0) is 19.8. The molecule has 2 N–H and O–H groups in total. The third-order valence-corrected chi connectivity index (χ3v) is 3.90. The van der Waals surface area contributed by atoms with Gasteiger partial charge in [0.1, 0.15) is 5.75 Å². The van der Waals surface area contributed by atoms with Gasteiger partial charge in [-0.05, 0) is 29.8 Å². The van der Waals surface area contributed by atoms with Gasteiger partial charge in [0.25, 0.3) is 11.8 Å². The molecule has 3 rings (SSSR count). The predicted molar refractivity (Wildman–Crippen MR) is 104 cm³/mol. The van der Waals surface area contributed by atoms with Crippen LogP contribution in [0.2, 0.25) is 0 Å². The second-order valence-electron chi connectivity index (χ2n) is 5.85. The van der Waals surface area contributed by atoms with E-state index in [0.29, 0.717) is 11.3 Å². The van der Waals surface area contributed by atoms with Crippen LogP contribution in [0.15, 0.2) is 78.9 Å². The number of amides is 2. The van der Waals surface area contributed by atoms with Gasteiger partial charge in [-0.2, -0.15) is 5.26 Å². The van der Waals surface area contributed by atoms with Crippen molar-refractivity contribution in [2.75, 3.05) is 6.61 Å². The van der Waals surface area contributed by atoms with Crippen molar-refractivity contribution in [3.63, 3.8) is 0 Å². The van der Waals surface area contributed by atoms with Crippen LogP contribution in [0.4, 0.5) is 0 Å². The number of nitrogens with zero attached hydrogens (tertiary/aromatic N) is 1. The van der Waals surface area contributed by atoms with Crippen molar-refractivity contribution in [2.24, 2.45) is 0 Å². The molecule has 3 aromatic carbocycles. The number of carbonyl (C=O) groups excluding carboxylic acids is 2. The number of hydrogen-bond acceptors (Lipinski definition) is 4. The smallest absolute Gasteiger partial charge is 0.276 e. The fourth-order valence-electron chi connectivity index (χ4n) is 2.56. The maximum atomic E-state index is 12.1. The molecule has 6 heteroatoms. The zero-order valence-electron chi connectivity index (χ0n) is 14.9. The molecule has 0 spiro atoms. The number of benzene rings is 3. The van der Waals surface area contributed by atoms with Crippen molar-refractivity contribution in [2.45, 2.75) is 0 Å². The van der Waals surface area contributed by atoms with E-state index in [0.717, 1.165) is 11.1 Å². The molecule has 6 nitrogen and oxygen atoms in total. The lowest BCUT2D eigenvalue weighted by Crippen LogP contribution is -2.43. The molecular weight excluding hydrogens is 354 g/mol. The first-order valence-electron chi connectivity index (χ1n) is 8.54. The second-order valence-corrected chi connectivity index (χ2v) is 5.85. The van der Waals surface area contributed by atoms with Crippen molar-refractivity contribution in [1.82, 2.24) is 10.9 Å². The van der Waals surface area contributed by atoms with Crippen molar-refractivity contribution >= 4 is 11.8 Å². The number of para-hydroxylation sites is 1. The molecule has 3 aromatic rings. The number of ether oxygens (including phenoxy) is 1. The van der Waals surface area contributed by atoms with Gasteiger partial charge in [-0.15, -0.1) is 0 Å². The molecule has 0 saturated carbocycles. The van der Waals surface area contributed by atoms with Gasteiger partial charge in [-0.25, -0.2) is 0 Å². The van der Waals surface area contributed by atoms with E-state index in [1.807, 2.05) is 54.6 Å². The average molecular weight is 371 g/mol. The van der Waals surface area contributed by atoms with E-state index < -0.39 is 11.8 Å². The minimum atomic E-state index is -0.518. The van der Waals surface area contributed by atoms with Crippen LogP contribution < -0.4 is 15.6 Å². The Kier molecular flexibility index (Phi) is 6.01. The van der Waals surface area contributed by atoms with Gasteiger partial charge in [0, 0.05) is 11.1 Å². The second kappa shape index (κ2) is 9.01. The maximum Gasteiger partial charge on any atom is 0.276 e. The van der Waals surface area contributed by atoms with Gasteiger partial charge in [0.2, 0.25) is 0 Å². The van der Waals surface area contributed by atoms with E-state index in [4.69, 9.17) is 10.00 Å². The summed E-state index contributed by atoms with van der Waals surface area (Å²) in [4.78, 5) is 24.1. The quantitative estimate of drug-likeness (QED) is 0.675. The molecule has 0 radical (unpaired) electrons. The highest BCUT2D eigenvalue weighted by atomic mass is 16.5. The SMILES string of the molecule is N#Cc1cccc(C(=O)NNC(=O)COc2ccccc2-c2ccccc2)c1. The first kappa shape index (κ1) is 18.7. The zero-order valence-corrected chi connectivity index (χ0v) is 14.9. The van der Waals surface area contributed by atoms with Crippen LogP contribution in [-0.2, 0) is 4.79 Å². The van der Waals surface area contributed by atoms with Crippen molar-refractivity contribution < 1.29 is 14.3 Å². The summed E-state index contributed by atoms with van der Waals surface area (Å²) in [5.41, 5.74) is 7.08. The number of carbonyl (C=O) groups is 2. The summed E-state index contributed by atoms with van der Waals surface area (Å²) in [6.07, 6.45) is 0. The first-order valence-corrected chi connectivity index (χ1v) is 8.54. The van der Waals surface area contributed by atoms with E-state index in [1.165, 1.54) is 6.07 Å². The molecule has 0 aliphatic rings. The highest BCUT2D eigenvalue weighted by Crippen LogP contribution is 2.29. The molecule has 2 amide bonds. The minimum absolute atomic E-state index is 0.262. The summed E-state index contributed by atoms with van der Waals surface area (Å²) in [5, 5.41) is 8.88. The molecule has 0 saturated heterocycles. The van der Waals surface area contributed by atoms with Crippen LogP contribution in [0.5, 0.6) is 5.75 Å². The maximum absolute atomic E-state index is 12.1. The number of rotatable bonds is 5. The highest BCUT2D eigenvalue weighted by Gasteiger charge is 2.10. The Morgan fingerprint density at radius 3 is 2.43 bits per heavy atom. The van der Waals surface area contributed by atoms with Crippen LogP contribution in [0, 0.1) is 11.3 Å². The molecule has 0 aliphatic heterocycles. The molecule has 0 atom stereocenters. The summed E-state index contributed by atoms with van der Waals surface area (Å²) < 4.78 is 5.62. The van der Waals surface area contributed by atoms with Crippen LogP contribution in [0.3, 0.4) is 0 Å². The third kappa shape index (κ3) is 4.74. The number of nitriles is 1. The molecule has 0 unspecified atom stereocenters. The normalized spacial score (nSPS) is 9.82. The molecule has 0 aliphatic carbocycles. The van der Waals surface area contributed by atoms with E-state index in [-0.39, 0.29) is 12.2 Å². The van der Waals surface area contributed by atoms with Crippen LogP contribution >= 0.6 is 0 Å². The van der Waals surface area contributed by atoms with Gasteiger partial charge in [-0.3, -0.25) is 20.4 Å². The Balaban J connectivity index is 1.57. The van der Waals surface area contributed by atoms with Crippen LogP contribution in [0.1, 0.15) is 15.9 Å². The lowest BCUT2D eigenvalue weighted by Gasteiger charge is -2.12. The minimum Gasteiger partial charge on any atom is -0.483 e. The van der Waals surface area contributed by atoms with Crippen molar-refractivity contribution in [1.29, 1.82) is 5.26 Å². The molecular formula is C22H17N3O3. The van der Waals surface area contributed by atoms with E-state index in [9.17, 15) is 9.59 Å². The number of nitrogens with one attached hydrogen (secondary N) is 2. The molecule has 138 valence electrons. The Labute approximate surface area is 162 Å². The van der Waals surface area contributed by atoms with Gasteiger partial charge in [0.15, 0.2) is 6.61 Å². The Morgan fingerprint density at radius 1 is 0.893 bits per heavy atom. The summed E-state index contributed by atoms with van der Waals surface area (Å²) in [6.45, 7) is -0.262. The Morgan fingerprint density at radius 2 is 1.64 bits per heavy atom. The monoisotopic (exact) mass is 371 g/mol. The summed E-state index contributed by atoms with van der Waals surface area (Å²) in [5.74, 6) is -0.459. The van der Waals surface area contributed by atoms with Gasteiger partial charge < -0.3 is 4.74 Å². The number of hydrazine groups is 1. The third-order valence-electron chi connectivity index (χ3n) is 3.90. The van der Waals surface area contributed by atoms with Gasteiger partial charge in [0.05, 0.1) is 11.6 Å². The van der Waals surface area contributed by atoms with Gasteiger partial charge >= 0.3 is 0 Å². The molecule has 28 heavy (non-hydrogen) atoms. The lowest BCUT2D eigenvalue weighted by atomic mass is 10.1. The van der Waals surface area contributed by atoms with Crippen LogP contribution in [-0.4, -0.2) is 18.4 Å². The predicted octanol–water partition coefficient (Wildman–Crippen LogP) is 3.07. The fraction of sp³-hybridized carbons (Fsp3) is 0.0455. The average Bonchev–Trinajstić information content (AvgIpc) is 2.76. The molecule has 0 fully saturated rings. The van der Waals surface area contributed by atoms with E-state index >= 15 is 0 Å². The summed E-state index contributed by atoms with van der Waals surface area (Å²) in [7, 11) is 0. The Bertz CT molecular complexity index is 1030. The Hall–Kier alpha value is -4.11.